The summed E-state index contributed by atoms with van der Waals surface area (Å²) in [7, 11) is -1.66. The number of hydrogen-bond acceptors (Lipinski definition) is 2. The second-order valence-electron chi connectivity index (χ2n) is 2.57. The molecule has 1 heterocycles. The van der Waals surface area contributed by atoms with Crippen LogP contribution in [0.1, 0.15) is 6.92 Å². The summed E-state index contributed by atoms with van der Waals surface area (Å²) in [5, 5.41) is 3.20. The van der Waals surface area contributed by atoms with E-state index in [4.69, 9.17) is 0 Å². The molecule has 0 amide bonds. The lowest BCUT2D eigenvalue weighted by molar-refractivity contribution is 0.562. The third-order valence-electron chi connectivity index (χ3n) is 1.97. The largest absolute Gasteiger partial charge is 0.323 e. The van der Waals surface area contributed by atoms with Gasteiger partial charge in [0.05, 0.1) is 7.14 Å². The van der Waals surface area contributed by atoms with Crippen LogP contribution in [0.25, 0.3) is 0 Å². The predicted molar refractivity (Wildman–Crippen MR) is 48.0 cm³/mol. The molecule has 0 aromatic heterocycles. The normalized spacial score (nSPS) is 23.3. The van der Waals surface area contributed by atoms with Crippen molar-refractivity contribution < 1.29 is 4.57 Å². The number of hydrogen-bond donors (Lipinski definition) is 1. The van der Waals surface area contributed by atoms with Gasteiger partial charge in [0.2, 0.25) is 0 Å². The lowest BCUT2D eigenvalue weighted by Gasteiger charge is -2.21. The molecule has 1 aliphatic rings. The van der Waals surface area contributed by atoms with Crippen LogP contribution in [0.2, 0.25) is 0 Å². The SMILES string of the molecule is CCP1(=O)CCNCC1.Cl. The van der Waals surface area contributed by atoms with Crippen molar-refractivity contribution in [3.8, 4) is 0 Å². The first kappa shape index (κ1) is 10.5. The van der Waals surface area contributed by atoms with E-state index in [2.05, 4.69) is 5.32 Å². The molecule has 62 valence electrons. The highest BCUT2D eigenvalue weighted by Gasteiger charge is 2.21. The quantitative estimate of drug-likeness (QED) is 0.623. The fourth-order valence-electron chi connectivity index (χ4n) is 1.12. The third kappa shape index (κ3) is 2.61. The molecular weight excluding hydrogens is 168 g/mol. The summed E-state index contributed by atoms with van der Waals surface area (Å²) in [4.78, 5) is 0. The molecule has 1 saturated heterocycles. The van der Waals surface area contributed by atoms with Crippen LogP contribution in [0.4, 0.5) is 0 Å². The third-order valence-corrected chi connectivity index (χ3v) is 5.20. The molecule has 0 aliphatic carbocycles. The Morgan fingerprint density at radius 2 is 1.90 bits per heavy atom. The molecule has 1 aliphatic heterocycles. The Morgan fingerprint density at radius 1 is 1.40 bits per heavy atom. The van der Waals surface area contributed by atoms with Gasteiger partial charge in [-0.2, -0.15) is 0 Å². The van der Waals surface area contributed by atoms with Crippen LogP contribution in [0.5, 0.6) is 0 Å². The lowest BCUT2D eigenvalue weighted by Crippen LogP contribution is -2.29. The number of nitrogens with one attached hydrogen (secondary N) is 1. The summed E-state index contributed by atoms with van der Waals surface area (Å²) < 4.78 is 11.6. The second-order valence-corrected chi connectivity index (χ2v) is 6.21. The first-order valence-electron chi connectivity index (χ1n) is 3.55. The van der Waals surface area contributed by atoms with Crippen molar-refractivity contribution in [2.24, 2.45) is 0 Å². The average molecular weight is 184 g/mol. The molecule has 4 heteroatoms. The van der Waals surface area contributed by atoms with Gasteiger partial charge in [-0.25, -0.2) is 0 Å². The molecule has 0 saturated carbocycles. The van der Waals surface area contributed by atoms with Gasteiger partial charge in [0.25, 0.3) is 0 Å². The Bertz CT molecular complexity index is 130. The van der Waals surface area contributed by atoms with Gasteiger partial charge in [-0.1, -0.05) is 6.92 Å². The van der Waals surface area contributed by atoms with Gasteiger partial charge in [0, 0.05) is 25.4 Å². The molecule has 10 heavy (non-hydrogen) atoms. The van der Waals surface area contributed by atoms with Crippen LogP contribution in [-0.4, -0.2) is 31.6 Å². The smallest absolute Gasteiger partial charge is 0.0899 e. The highest BCUT2D eigenvalue weighted by molar-refractivity contribution is 7.64. The first-order chi connectivity index (χ1) is 4.27. The zero-order chi connectivity index (χ0) is 6.74. The molecule has 1 rings (SSSR count). The van der Waals surface area contributed by atoms with Gasteiger partial charge in [-0.15, -0.1) is 12.4 Å². The van der Waals surface area contributed by atoms with Crippen molar-refractivity contribution in [2.45, 2.75) is 6.92 Å². The van der Waals surface area contributed by atoms with Gasteiger partial charge in [-0.3, -0.25) is 0 Å². The highest BCUT2D eigenvalue weighted by atomic mass is 35.5. The van der Waals surface area contributed by atoms with E-state index in [9.17, 15) is 4.57 Å². The van der Waals surface area contributed by atoms with Crippen molar-refractivity contribution in [3.05, 3.63) is 0 Å². The second kappa shape index (κ2) is 4.38. The minimum atomic E-state index is -1.66. The maximum atomic E-state index is 11.6. The van der Waals surface area contributed by atoms with Crippen LogP contribution in [-0.2, 0) is 4.57 Å². The van der Waals surface area contributed by atoms with Crippen molar-refractivity contribution in [1.29, 1.82) is 0 Å². The summed E-state index contributed by atoms with van der Waals surface area (Å²) >= 11 is 0. The maximum Gasteiger partial charge on any atom is 0.0899 e. The van der Waals surface area contributed by atoms with Crippen LogP contribution in [0, 0.1) is 0 Å². The van der Waals surface area contributed by atoms with Crippen LogP contribution in [0.3, 0.4) is 0 Å². The average Bonchev–Trinajstić information content (AvgIpc) is 1.90. The molecule has 1 fully saturated rings. The molecule has 0 aromatic rings. The Morgan fingerprint density at radius 3 is 2.20 bits per heavy atom. The fraction of sp³-hybridized carbons (Fsp3) is 1.00. The fourth-order valence-corrected chi connectivity index (χ4v) is 3.11. The van der Waals surface area contributed by atoms with Gasteiger partial charge in [0.1, 0.15) is 0 Å². The van der Waals surface area contributed by atoms with E-state index in [1.807, 2.05) is 6.92 Å². The molecule has 0 radical (unpaired) electrons. The highest BCUT2D eigenvalue weighted by Crippen LogP contribution is 2.44. The minimum absolute atomic E-state index is 0. The Balaban J connectivity index is 0.000000810. The predicted octanol–water partition coefficient (Wildman–Crippen LogP) is 1.39. The van der Waals surface area contributed by atoms with Crippen molar-refractivity contribution in [1.82, 2.24) is 5.32 Å². The summed E-state index contributed by atoms with van der Waals surface area (Å²) in [5.41, 5.74) is 0. The summed E-state index contributed by atoms with van der Waals surface area (Å²) in [6, 6.07) is 0. The van der Waals surface area contributed by atoms with E-state index in [1.54, 1.807) is 0 Å². The van der Waals surface area contributed by atoms with E-state index in [1.165, 1.54) is 0 Å². The van der Waals surface area contributed by atoms with Crippen molar-refractivity contribution in [2.75, 3.05) is 31.6 Å². The maximum absolute atomic E-state index is 11.6. The summed E-state index contributed by atoms with van der Waals surface area (Å²) in [5.74, 6) is 0. The van der Waals surface area contributed by atoms with E-state index >= 15 is 0 Å². The first-order valence-corrected chi connectivity index (χ1v) is 5.81. The summed E-state index contributed by atoms with van der Waals surface area (Å²) in [6.45, 7) is 3.96. The van der Waals surface area contributed by atoms with Crippen molar-refractivity contribution in [3.63, 3.8) is 0 Å². The Hall–Kier alpha value is 0.480. The monoisotopic (exact) mass is 183 g/mol. The molecule has 0 atom stereocenters. The van der Waals surface area contributed by atoms with Crippen LogP contribution < -0.4 is 5.32 Å². The minimum Gasteiger partial charge on any atom is -0.323 e. The van der Waals surface area contributed by atoms with E-state index in [-0.39, 0.29) is 12.4 Å². The summed E-state index contributed by atoms with van der Waals surface area (Å²) in [6.07, 6.45) is 2.74. The molecule has 2 nitrogen and oxygen atoms in total. The Labute approximate surface area is 68.6 Å². The molecule has 0 aromatic carbocycles. The molecule has 1 N–H and O–H groups in total. The van der Waals surface area contributed by atoms with Gasteiger partial charge >= 0.3 is 0 Å². The molecule has 0 bridgehead atoms. The Kier molecular flexibility index (Phi) is 4.59. The zero-order valence-corrected chi connectivity index (χ0v) is 8.01. The van der Waals surface area contributed by atoms with Gasteiger partial charge in [0.15, 0.2) is 0 Å². The number of halogens is 1. The van der Waals surface area contributed by atoms with Crippen LogP contribution >= 0.6 is 19.5 Å². The van der Waals surface area contributed by atoms with Gasteiger partial charge in [-0.05, 0) is 6.16 Å². The van der Waals surface area contributed by atoms with E-state index < -0.39 is 7.14 Å². The lowest BCUT2D eigenvalue weighted by atomic mass is 10.6. The van der Waals surface area contributed by atoms with Crippen molar-refractivity contribution >= 4 is 19.5 Å². The number of rotatable bonds is 1. The van der Waals surface area contributed by atoms with Gasteiger partial charge < -0.3 is 9.88 Å². The standard InChI is InChI=1S/C6H14NOP.ClH/c1-2-9(8)5-3-7-4-6-9;/h7H,2-6H2,1H3;1H. The van der Waals surface area contributed by atoms with Crippen LogP contribution in [0.15, 0.2) is 0 Å². The molecular formula is C6H15ClNOP. The van der Waals surface area contributed by atoms with E-state index in [0.717, 1.165) is 31.6 Å². The van der Waals surface area contributed by atoms with E-state index in [0.29, 0.717) is 0 Å². The topological polar surface area (TPSA) is 29.1 Å². The molecule has 0 spiro atoms. The molecule has 0 unspecified atom stereocenters. The zero-order valence-electron chi connectivity index (χ0n) is 6.30.